The second kappa shape index (κ2) is 7.24. The van der Waals surface area contributed by atoms with Crippen LogP contribution in [0.15, 0.2) is 48.9 Å². The number of benzene rings is 1. The fraction of sp³-hybridized carbons (Fsp3) is 0.435. The Morgan fingerprint density at radius 2 is 1.88 bits per heavy atom. The van der Waals surface area contributed by atoms with E-state index >= 15 is 0 Å². The van der Waals surface area contributed by atoms with E-state index in [0.29, 0.717) is 12.1 Å². The average Bonchev–Trinajstić information content (AvgIpc) is 3.07. The van der Waals surface area contributed by atoms with Crippen LogP contribution in [-0.2, 0) is 0 Å². The summed E-state index contributed by atoms with van der Waals surface area (Å²) in [5.74, 6) is 0.714. The van der Waals surface area contributed by atoms with E-state index in [1.807, 2.05) is 18.5 Å². The maximum absolute atomic E-state index is 4.29. The Morgan fingerprint density at radius 1 is 1.08 bits per heavy atom. The van der Waals surface area contributed by atoms with Crippen molar-refractivity contribution in [2.45, 2.75) is 51.1 Å². The van der Waals surface area contributed by atoms with Crippen LogP contribution in [0.2, 0.25) is 0 Å². The Balaban J connectivity index is 1.86. The van der Waals surface area contributed by atoms with Crippen LogP contribution in [-0.4, -0.2) is 28.5 Å². The monoisotopic (exact) mass is 347 g/mol. The van der Waals surface area contributed by atoms with Crippen LogP contribution in [0.4, 0.5) is 0 Å². The molecule has 1 aliphatic carbocycles. The molecule has 1 aliphatic rings. The fourth-order valence-corrected chi connectivity index (χ4v) is 4.29. The average molecular weight is 348 g/mol. The van der Waals surface area contributed by atoms with Gasteiger partial charge in [0.2, 0.25) is 0 Å². The standard InChI is InChI=1S/C23H29N3/c1-17(25(2)3)26-16-22(18-8-5-4-6-9-18)21-12-11-19(14-23(21)26)20-10-7-13-24-15-20/h7,10-18H,4-6,8-9H2,1-3H3. The highest BCUT2D eigenvalue weighted by Crippen LogP contribution is 2.39. The third-order valence-corrected chi connectivity index (χ3v) is 6.05. The van der Waals surface area contributed by atoms with Crippen molar-refractivity contribution in [1.82, 2.24) is 14.5 Å². The highest BCUT2D eigenvalue weighted by molar-refractivity contribution is 5.89. The Kier molecular flexibility index (Phi) is 4.82. The first-order valence-corrected chi connectivity index (χ1v) is 9.86. The van der Waals surface area contributed by atoms with Crippen LogP contribution in [0.5, 0.6) is 0 Å². The molecule has 0 radical (unpaired) electrons. The van der Waals surface area contributed by atoms with E-state index < -0.39 is 0 Å². The van der Waals surface area contributed by atoms with Crippen molar-refractivity contribution in [2.75, 3.05) is 14.1 Å². The number of rotatable bonds is 4. The van der Waals surface area contributed by atoms with Gasteiger partial charge in [-0.15, -0.1) is 0 Å². The highest BCUT2D eigenvalue weighted by atomic mass is 15.2. The van der Waals surface area contributed by atoms with Gasteiger partial charge in [0.15, 0.2) is 0 Å². The Morgan fingerprint density at radius 3 is 2.58 bits per heavy atom. The van der Waals surface area contributed by atoms with Gasteiger partial charge in [0.05, 0.1) is 11.7 Å². The molecule has 3 heteroatoms. The van der Waals surface area contributed by atoms with E-state index in [9.17, 15) is 0 Å². The van der Waals surface area contributed by atoms with Gasteiger partial charge in [-0.3, -0.25) is 9.88 Å². The number of fused-ring (bicyclic) bond motifs is 1. The van der Waals surface area contributed by atoms with Gasteiger partial charge in [-0.25, -0.2) is 0 Å². The number of aromatic nitrogens is 2. The van der Waals surface area contributed by atoms with E-state index in [2.05, 4.69) is 65.9 Å². The molecule has 0 aliphatic heterocycles. The predicted molar refractivity (Wildman–Crippen MR) is 109 cm³/mol. The molecule has 3 aromatic rings. The molecule has 1 saturated carbocycles. The van der Waals surface area contributed by atoms with Crippen molar-refractivity contribution in [3.63, 3.8) is 0 Å². The van der Waals surface area contributed by atoms with E-state index in [0.717, 1.165) is 0 Å². The van der Waals surface area contributed by atoms with Gasteiger partial charge in [-0.1, -0.05) is 37.5 Å². The normalized spacial score (nSPS) is 17.1. The van der Waals surface area contributed by atoms with Crippen molar-refractivity contribution < 1.29 is 0 Å². The number of nitrogens with zero attached hydrogens (tertiary/aromatic N) is 3. The topological polar surface area (TPSA) is 21.1 Å². The molecule has 2 aromatic heterocycles. The zero-order valence-corrected chi connectivity index (χ0v) is 16.2. The summed E-state index contributed by atoms with van der Waals surface area (Å²) in [5.41, 5.74) is 5.31. The molecule has 1 unspecified atom stereocenters. The Labute approximate surface area is 156 Å². The molecule has 1 aromatic carbocycles. The first kappa shape index (κ1) is 17.3. The highest BCUT2D eigenvalue weighted by Gasteiger charge is 2.22. The summed E-state index contributed by atoms with van der Waals surface area (Å²) in [4.78, 5) is 6.57. The van der Waals surface area contributed by atoms with Crippen LogP contribution >= 0.6 is 0 Å². The van der Waals surface area contributed by atoms with Gasteiger partial charge in [0, 0.05) is 29.5 Å². The smallest absolute Gasteiger partial charge is 0.0831 e. The first-order valence-electron chi connectivity index (χ1n) is 9.86. The zero-order valence-electron chi connectivity index (χ0n) is 16.2. The second-order valence-corrected chi connectivity index (χ2v) is 7.90. The largest absolute Gasteiger partial charge is 0.331 e. The minimum atomic E-state index is 0.332. The van der Waals surface area contributed by atoms with E-state index in [-0.39, 0.29) is 0 Å². The minimum absolute atomic E-state index is 0.332. The molecular formula is C23H29N3. The van der Waals surface area contributed by atoms with Crippen molar-refractivity contribution in [3.05, 3.63) is 54.5 Å². The molecule has 1 fully saturated rings. The molecule has 2 heterocycles. The van der Waals surface area contributed by atoms with E-state index in [1.54, 1.807) is 5.56 Å². The molecule has 4 rings (SSSR count). The molecule has 0 saturated heterocycles. The number of pyridine rings is 1. The molecule has 136 valence electrons. The van der Waals surface area contributed by atoms with E-state index in [1.165, 1.54) is 54.1 Å². The van der Waals surface area contributed by atoms with Crippen LogP contribution in [0.25, 0.3) is 22.0 Å². The molecule has 0 amide bonds. The number of hydrogen-bond donors (Lipinski definition) is 0. The third-order valence-electron chi connectivity index (χ3n) is 6.05. The van der Waals surface area contributed by atoms with Crippen LogP contribution in [0.1, 0.15) is 56.7 Å². The lowest BCUT2D eigenvalue weighted by atomic mass is 9.84. The molecule has 1 atom stereocenters. The van der Waals surface area contributed by atoms with Crippen LogP contribution in [0.3, 0.4) is 0 Å². The van der Waals surface area contributed by atoms with Crippen molar-refractivity contribution in [3.8, 4) is 11.1 Å². The SMILES string of the molecule is CC(N(C)C)n1cc(C2CCCCC2)c2ccc(-c3cccnc3)cc21. The number of hydrogen-bond acceptors (Lipinski definition) is 2. The quantitative estimate of drug-likeness (QED) is 0.592. The molecule has 0 bridgehead atoms. The van der Waals surface area contributed by atoms with Crippen molar-refractivity contribution in [1.29, 1.82) is 0 Å². The first-order chi connectivity index (χ1) is 12.6. The maximum Gasteiger partial charge on any atom is 0.0831 e. The second-order valence-electron chi connectivity index (χ2n) is 7.90. The lowest BCUT2D eigenvalue weighted by molar-refractivity contribution is 0.244. The summed E-state index contributed by atoms with van der Waals surface area (Å²) < 4.78 is 2.46. The predicted octanol–water partition coefficient (Wildman–Crippen LogP) is 5.83. The summed E-state index contributed by atoms with van der Waals surface area (Å²) in [5, 5.41) is 1.43. The fourth-order valence-electron chi connectivity index (χ4n) is 4.29. The Hall–Kier alpha value is -2.13. The van der Waals surface area contributed by atoms with E-state index in [4.69, 9.17) is 0 Å². The third kappa shape index (κ3) is 3.16. The molecule has 26 heavy (non-hydrogen) atoms. The van der Waals surface area contributed by atoms with Crippen LogP contribution in [0, 0.1) is 0 Å². The molecule has 3 nitrogen and oxygen atoms in total. The van der Waals surface area contributed by atoms with Crippen LogP contribution < -0.4 is 0 Å². The molecule has 0 N–H and O–H groups in total. The zero-order chi connectivity index (χ0) is 18.1. The Bertz CT molecular complexity index is 873. The van der Waals surface area contributed by atoms with Gasteiger partial charge in [0.1, 0.15) is 0 Å². The van der Waals surface area contributed by atoms with Crippen molar-refractivity contribution in [2.24, 2.45) is 0 Å². The molecule has 0 spiro atoms. The lowest BCUT2D eigenvalue weighted by Crippen LogP contribution is -2.22. The summed E-state index contributed by atoms with van der Waals surface area (Å²) >= 11 is 0. The summed E-state index contributed by atoms with van der Waals surface area (Å²) in [6.07, 6.45) is 13.3. The van der Waals surface area contributed by atoms with Gasteiger partial charge in [0.25, 0.3) is 0 Å². The summed E-state index contributed by atoms with van der Waals surface area (Å²) in [6.45, 7) is 2.28. The summed E-state index contributed by atoms with van der Waals surface area (Å²) in [6, 6.07) is 11.1. The van der Waals surface area contributed by atoms with Gasteiger partial charge >= 0.3 is 0 Å². The van der Waals surface area contributed by atoms with Crippen molar-refractivity contribution >= 4 is 10.9 Å². The lowest BCUT2D eigenvalue weighted by Gasteiger charge is -2.23. The maximum atomic E-state index is 4.29. The van der Waals surface area contributed by atoms with Gasteiger partial charge in [-0.05, 0) is 63.0 Å². The van der Waals surface area contributed by atoms with Gasteiger partial charge < -0.3 is 4.57 Å². The minimum Gasteiger partial charge on any atom is -0.331 e. The summed E-state index contributed by atoms with van der Waals surface area (Å²) in [7, 11) is 4.31. The van der Waals surface area contributed by atoms with Gasteiger partial charge in [-0.2, -0.15) is 0 Å². The molecular weight excluding hydrogens is 318 g/mol.